The predicted octanol–water partition coefficient (Wildman–Crippen LogP) is 4.09. The summed E-state index contributed by atoms with van der Waals surface area (Å²) in [5.74, 6) is -0.433. The van der Waals surface area contributed by atoms with E-state index >= 15 is 0 Å². The first-order valence-electron chi connectivity index (χ1n) is 4.86. The van der Waals surface area contributed by atoms with Crippen molar-refractivity contribution in [3.05, 3.63) is 46.0 Å². The van der Waals surface area contributed by atoms with Crippen molar-refractivity contribution in [2.24, 2.45) is 0 Å². The molecule has 0 radical (unpaired) electrons. The molecule has 0 amide bonds. The highest BCUT2D eigenvalue weighted by Crippen LogP contribution is 2.30. The monoisotopic (exact) mass is 270 g/mol. The molecular formula is C12H9Cl2FN2. The fourth-order valence-corrected chi connectivity index (χ4v) is 2.08. The van der Waals surface area contributed by atoms with Crippen LogP contribution in [0.25, 0.3) is 11.1 Å². The molecule has 2 rings (SSSR count). The lowest BCUT2D eigenvalue weighted by molar-refractivity contribution is 0.631. The topological polar surface area (TPSA) is 38.9 Å². The van der Waals surface area contributed by atoms with Gasteiger partial charge in [-0.15, -0.1) is 0 Å². The van der Waals surface area contributed by atoms with Crippen LogP contribution in [0.3, 0.4) is 0 Å². The predicted molar refractivity (Wildman–Crippen MR) is 68.8 cm³/mol. The van der Waals surface area contributed by atoms with Gasteiger partial charge in [0.05, 0.1) is 5.69 Å². The summed E-state index contributed by atoms with van der Waals surface area (Å²) in [6, 6.07) is 6.26. The molecule has 5 heteroatoms. The molecule has 2 aromatic rings. The summed E-state index contributed by atoms with van der Waals surface area (Å²) < 4.78 is 13.2. The van der Waals surface area contributed by atoms with Crippen LogP contribution in [-0.4, -0.2) is 4.98 Å². The van der Waals surface area contributed by atoms with Gasteiger partial charge in [0.15, 0.2) is 0 Å². The molecule has 0 spiro atoms. The minimum absolute atomic E-state index is 0.0923. The second-order valence-corrected chi connectivity index (χ2v) is 4.46. The van der Waals surface area contributed by atoms with Crippen LogP contribution in [0, 0.1) is 12.7 Å². The minimum Gasteiger partial charge on any atom is -0.396 e. The summed E-state index contributed by atoms with van der Waals surface area (Å²) in [5.41, 5.74) is 7.95. The smallest absolute Gasteiger partial charge is 0.146 e. The first-order chi connectivity index (χ1) is 7.97. The number of hydrogen-bond acceptors (Lipinski definition) is 2. The molecule has 0 bridgehead atoms. The molecule has 0 saturated carbocycles. The van der Waals surface area contributed by atoms with Crippen molar-refractivity contribution in [1.82, 2.24) is 4.98 Å². The van der Waals surface area contributed by atoms with Crippen LogP contribution < -0.4 is 5.73 Å². The van der Waals surface area contributed by atoms with E-state index in [9.17, 15) is 4.39 Å². The van der Waals surface area contributed by atoms with Crippen LogP contribution in [0.15, 0.2) is 24.3 Å². The standard InChI is InChI=1S/C12H9Cl2FN2/c1-6-2-9(15)10(16)5-8(6)7-3-11(13)17-12(14)4-7/h2-5H,16H2,1H3. The molecule has 0 atom stereocenters. The number of nitrogens with zero attached hydrogens (tertiary/aromatic N) is 1. The molecule has 0 unspecified atom stereocenters. The summed E-state index contributed by atoms with van der Waals surface area (Å²) in [7, 11) is 0. The van der Waals surface area contributed by atoms with E-state index in [1.807, 2.05) is 0 Å². The molecule has 0 aliphatic rings. The normalized spacial score (nSPS) is 10.6. The maximum Gasteiger partial charge on any atom is 0.146 e. The highest BCUT2D eigenvalue weighted by molar-refractivity contribution is 6.32. The summed E-state index contributed by atoms with van der Waals surface area (Å²) in [4.78, 5) is 3.85. The van der Waals surface area contributed by atoms with Crippen LogP contribution in [0.2, 0.25) is 10.3 Å². The third-order valence-corrected chi connectivity index (χ3v) is 2.80. The van der Waals surface area contributed by atoms with Crippen molar-refractivity contribution < 1.29 is 4.39 Å². The first kappa shape index (κ1) is 12.1. The van der Waals surface area contributed by atoms with Gasteiger partial charge in [-0.2, -0.15) is 0 Å². The lowest BCUT2D eigenvalue weighted by atomic mass is 10.0. The Labute approximate surface area is 108 Å². The average molecular weight is 271 g/mol. The third kappa shape index (κ3) is 2.51. The van der Waals surface area contributed by atoms with Gasteiger partial charge in [0, 0.05) is 0 Å². The third-order valence-electron chi connectivity index (χ3n) is 2.42. The molecule has 2 N–H and O–H groups in total. The number of halogens is 3. The quantitative estimate of drug-likeness (QED) is 0.626. The number of aromatic nitrogens is 1. The van der Waals surface area contributed by atoms with E-state index in [4.69, 9.17) is 28.9 Å². The Morgan fingerprint density at radius 2 is 1.71 bits per heavy atom. The first-order valence-corrected chi connectivity index (χ1v) is 5.62. The van der Waals surface area contributed by atoms with E-state index in [1.165, 1.54) is 6.07 Å². The van der Waals surface area contributed by atoms with Crippen LogP contribution >= 0.6 is 23.2 Å². The Balaban J connectivity index is 2.64. The zero-order chi connectivity index (χ0) is 12.6. The molecule has 17 heavy (non-hydrogen) atoms. The van der Waals surface area contributed by atoms with Crippen LogP contribution in [-0.2, 0) is 0 Å². The Hall–Kier alpha value is -1.32. The van der Waals surface area contributed by atoms with Crippen molar-refractivity contribution in [1.29, 1.82) is 0 Å². The number of aryl methyl sites for hydroxylation is 1. The lowest BCUT2D eigenvalue weighted by Crippen LogP contribution is -1.94. The molecule has 1 heterocycles. The zero-order valence-electron chi connectivity index (χ0n) is 8.97. The Kier molecular flexibility index (Phi) is 3.22. The number of rotatable bonds is 1. The van der Waals surface area contributed by atoms with Crippen molar-refractivity contribution >= 4 is 28.9 Å². The fourth-order valence-electron chi connectivity index (χ4n) is 1.62. The zero-order valence-corrected chi connectivity index (χ0v) is 10.5. The number of benzene rings is 1. The highest BCUT2D eigenvalue weighted by Gasteiger charge is 2.09. The van der Waals surface area contributed by atoms with E-state index < -0.39 is 5.82 Å². The average Bonchev–Trinajstić information content (AvgIpc) is 2.22. The Bertz CT molecular complexity index is 565. The largest absolute Gasteiger partial charge is 0.396 e. The van der Waals surface area contributed by atoms with Crippen LogP contribution in [0.4, 0.5) is 10.1 Å². The molecule has 0 aliphatic heterocycles. The van der Waals surface area contributed by atoms with E-state index in [-0.39, 0.29) is 16.0 Å². The van der Waals surface area contributed by atoms with E-state index in [0.717, 1.165) is 16.7 Å². The number of nitrogen functional groups attached to an aromatic ring is 1. The summed E-state index contributed by atoms with van der Waals surface area (Å²) in [6.07, 6.45) is 0. The number of hydrogen-bond donors (Lipinski definition) is 1. The van der Waals surface area contributed by atoms with Gasteiger partial charge in [-0.1, -0.05) is 23.2 Å². The van der Waals surface area contributed by atoms with Crippen LogP contribution in [0.1, 0.15) is 5.56 Å². The van der Waals surface area contributed by atoms with Gasteiger partial charge in [0.1, 0.15) is 16.1 Å². The van der Waals surface area contributed by atoms with Gasteiger partial charge in [-0.3, -0.25) is 0 Å². The Morgan fingerprint density at radius 1 is 1.12 bits per heavy atom. The summed E-state index contributed by atoms with van der Waals surface area (Å²) in [5, 5.41) is 0.574. The van der Waals surface area contributed by atoms with Crippen molar-refractivity contribution in [2.75, 3.05) is 5.73 Å². The second-order valence-electron chi connectivity index (χ2n) is 3.69. The van der Waals surface area contributed by atoms with E-state index in [2.05, 4.69) is 4.98 Å². The lowest BCUT2D eigenvalue weighted by Gasteiger charge is -2.09. The van der Waals surface area contributed by atoms with Gasteiger partial charge < -0.3 is 5.73 Å². The highest BCUT2D eigenvalue weighted by atomic mass is 35.5. The summed E-state index contributed by atoms with van der Waals surface area (Å²) in [6.45, 7) is 1.79. The van der Waals surface area contributed by atoms with Crippen LogP contribution in [0.5, 0.6) is 0 Å². The molecule has 1 aromatic heterocycles. The van der Waals surface area contributed by atoms with Crippen molar-refractivity contribution in [2.45, 2.75) is 6.92 Å². The van der Waals surface area contributed by atoms with Gasteiger partial charge in [0.25, 0.3) is 0 Å². The molecule has 0 aliphatic carbocycles. The maximum absolute atomic E-state index is 13.2. The SMILES string of the molecule is Cc1cc(F)c(N)cc1-c1cc(Cl)nc(Cl)c1. The Morgan fingerprint density at radius 3 is 2.29 bits per heavy atom. The van der Waals surface area contributed by atoms with Gasteiger partial charge in [0.2, 0.25) is 0 Å². The fraction of sp³-hybridized carbons (Fsp3) is 0.0833. The van der Waals surface area contributed by atoms with E-state index in [1.54, 1.807) is 25.1 Å². The van der Waals surface area contributed by atoms with E-state index in [0.29, 0.717) is 0 Å². The number of anilines is 1. The molecule has 88 valence electrons. The summed E-state index contributed by atoms with van der Waals surface area (Å²) >= 11 is 11.6. The molecule has 2 nitrogen and oxygen atoms in total. The second kappa shape index (κ2) is 4.51. The minimum atomic E-state index is -0.433. The van der Waals surface area contributed by atoms with Gasteiger partial charge in [-0.05, 0) is 47.9 Å². The molecule has 0 fully saturated rings. The molecule has 0 saturated heterocycles. The van der Waals surface area contributed by atoms with Crippen molar-refractivity contribution in [3.63, 3.8) is 0 Å². The van der Waals surface area contributed by atoms with Gasteiger partial charge in [-0.25, -0.2) is 9.37 Å². The number of nitrogens with two attached hydrogens (primary N) is 1. The maximum atomic E-state index is 13.2. The van der Waals surface area contributed by atoms with Crippen molar-refractivity contribution in [3.8, 4) is 11.1 Å². The van der Waals surface area contributed by atoms with Gasteiger partial charge >= 0.3 is 0 Å². The number of pyridine rings is 1. The molecular weight excluding hydrogens is 262 g/mol. The molecule has 1 aromatic carbocycles.